The Morgan fingerprint density at radius 3 is 3.21 bits per heavy atom. The molecule has 0 spiro atoms. The molecule has 1 aromatic rings. The molecule has 5 nitrogen and oxygen atoms in total. The Morgan fingerprint density at radius 1 is 1.58 bits per heavy atom. The zero-order valence-electron chi connectivity index (χ0n) is 11.3. The highest BCUT2D eigenvalue weighted by Crippen LogP contribution is 2.15. The SMILES string of the molecule is CCNc1ncccc1C(=O)NCCC1CCCO1. The molecule has 2 heterocycles. The highest BCUT2D eigenvalue weighted by atomic mass is 16.5. The van der Waals surface area contributed by atoms with Crippen LogP contribution >= 0.6 is 0 Å². The molecule has 19 heavy (non-hydrogen) atoms. The first-order valence-electron chi connectivity index (χ1n) is 6.90. The molecule has 0 radical (unpaired) electrons. The second-order valence-electron chi connectivity index (χ2n) is 4.61. The van der Waals surface area contributed by atoms with Crippen LogP contribution in [-0.4, -0.2) is 36.7 Å². The Hall–Kier alpha value is -1.62. The predicted octanol–water partition coefficient (Wildman–Crippen LogP) is 1.81. The largest absolute Gasteiger partial charge is 0.378 e. The van der Waals surface area contributed by atoms with E-state index in [0.29, 0.717) is 24.0 Å². The van der Waals surface area contributed by atoms with Gasteiger partial charge in [0.25, 0.3) is 5.91 Å². The summed E-state index contributed by atoms with van der Waals surface area (Å²) in [5.74, 6) is 0.557. The normalized spacial score (nSPS) is 18.3. The van der Waals surface area contributed by atoms with E-state index in [1.54, 1.807) is 18.3 Å². The third-order valence-corrected chi connectivity index (χ3v) is 3.17. The third kappa shape index (κ3) is 3.92. The van der Waals surface area contributed by atoms with Crippen LogP contribution < -0.4 is 10.6 Å². The Balaban J connectivity index is 1.84. The average molecular weight is 263 g/mol. The van der Waals surface area contributed by atoms with Crippen molar-refractivity contribution in [3.05, 3.63) is 23.9 Å². The van der Waals surface area contributed by atoms with Crippen LogP contribution in [0.1, 0.15) is 36.5 Å². The lowest BCUT2D eigenvalue weighted by Gasteiger charge is -2.12. The molecule has 0 saturated carbocycles. The number of carbonyl (C=O) groups is 1. The fourth-order valence-corrected chi connectivity index (χ4v) is 2.21. The first kappa shape index (κ1) is 13.8. The Bertz CT molecular complexity index is 417. The molecule has 1 aromatic heterocycles. The maximum Gasteiger partial charge on any atom is 0.255 e. The number of ether oxygens (including phenoxy) is 1. The van der Waals surface area contributed by atoms with Crippen LogP contribution in [0.15, 0.2) is 18.3 Å². The van der Waals surface area contributed by atoms with Gasteiger partial charge in [-0.1, -0.05) is 0 Å². The molecule has 2 rings (SSSR count). The van der Waals surface area contributed by atoms with Crippen molar-refractivity contribution in [2.24, 2.45) is 0 Å². The van der Waals surface area contributed by atoms with Gasteiger partial charge in [-0.25, -0.2) is 4.98 Å². The van der Waals surface area contributed by atoms with E-state index >= 15 is 0 Å². The highest BCUT2D eigenvalue weighted by Gasteiger charge is 2.16. The molecule has 1 aliphatic rings. The van der Waals surface area contributed by atoms with Gasteiger partial charge in [0.1, 0.15) is 5.82 Å². The zero-order valence-corrected chi connectivity index (χ0v) is 11.3. The molecule has 1 unspecified atom stereocenters. The Labute approximate surface area is 113 Å². The van der Waals surface area contributed by atoms with Gasteiger partial charge < -0.3 is 15.4 Å². The van der Waals surface area contributed by atoms with Crippen LogP contribution in [0.25, 0.3) is 0 Å². The summed E-state index contributed by atoms with van der Waals surface area (Å²) in [5.41, 5.74) is 0.594. The lowest BCUT2D eigenvalue weighted by Crippen LogP contribution is -2.28. The summed E-state index contributed by atoms with van der Waals surface area (Å²) in [6.07, 6.45) is 5.10. The smallest absolute Gasteiger partial charge is 0.255 e. The monoisotopic (exact) mass is 263 g/mol. The van der Waals surface area contributed by atoms with Gasteiger partial charge in [-0.2, -0.15) is 0 Å². The molecular formula is C14H21N3O2. The molecule has 104 valence electrons. The quantitative estimate of drug-likeness (QED) is 0.821. The van der Waals surface area contributed by atoms with Crippen LogP contribution in [0, 0.1) is 0 Å². The fourth-order valence-electron chi connectivity index (χ4n) is 2.21. The molecule has 0 aliphatic carbocycles. The van der Waals surface area contributed by atoms with E-state index in [4.69, 9.17) is 4.74 Å². The molecule has 0 aromatic carbocycles. The van der Waals surface area contributed by atoms with Gasteiger partial charge in [-0.05, 0) is 38.3 Å². The number of rotatable bonds is 6. The number of pyridine rings is 1. The van der Waals surface area contributed by atoms with Crippen molar-refractivity contribution in [3.63, 3.8) is 0 Å². The Kier molecular flexibility index (Phi) is 5.15. The van der Waals surface area contributed by atoms with Gasteiger partial charge in [-0.15, -0.1) is 0 Å². The molecule has 1 atom stereocenters. The first-order valence-corrected chi connectivity index (χ1v) is 6.90. The summed E-state index contributed by atoms with van der Waals surface area (Å²) in [5, 5.41) is 6.02. The molecule has 0 bridgehead atoms. The maximum absolute atomic E-state index is 12.1. The van der Waals surface area contributed by atoms with Gasteiger partial charge in [0, 0.05) is 25.9 Å². The van der Waals surface area contributed by atoms with E-state index in [9.17, 15) is 4.79 Å². The van der Waals surface area contributed by atoms with Gasteiger partial charge in [0.2, 0.25) is 0 Å². The number of aromatic nitrogens is 1. The van der Waals surface area contributed by atoms with Crippen molar-refractivity contribution in [2.75, 3.05) is 25.0 Å². The van der Waals surface area contributed by atoms with Crippen LogP contribution in [0.4, 0.5) is 5.82 Å². The number of amides is 1. The van der Waals surface area contributed by atoms with Crippen LogP contribution in [0.2, 0.25) is 0 Å². The molecule has 1 amide bonds. The van der Waals surface area contributed by atoms with Crippen molar-refractivity contribution in [1.29, 1.82) is 0 Å². The molecule has 1 fully saturated rings. The summed E-state index contributed by atoms with van der Waals surface area (Å²) >= 11 is 0. The van der Waals surface area contributed by atoms with E-state index in [1.165, 1.54) is 0 Å². The van der Waals surface area contributed by atoms with Crippen LogP contribution in [0.5, 0.6) is 0 Å². The van der Waals surface area contributed by atoms with Crippen LogP contribution in [-0.2, 0) is 4.74 Å². The van der Waals surface area contributed by atoms with E-state index in [-0.39, 0.29) is 5.91 Å². The van der Waals surface area contributed by atoms with Crippen LogP contribution in [0.3, 0.4) is 0 Å². The van der Waals surface area contributed by atoms with Gasteiger partial charge >= 0.3 is 0 Å². The molecule has 2 N–H and O–H groups in total. The van der Waals surface area contributed by atoms with E-state index in [2.05, 4.69) is 15.6 Å². The third-order valence-electron chi connectivity index (χ3n) is 3.17. The standard InChI is InChI=1S/C14H21N3O2/c1-2-15-13-12(6-3-8-16-13)14(18)17-9-7-11-5-4-10-19-11/h3,6,8,11H,2,4-5,7,9-10H2,1H3,(H,15,16)(H,17,18). The second-order valence-corrected chi connectivity index (χ2v) is 4.61. The number of hydrogen-bond acceptors (Lipinski definition) is 4. The molecule has 1 saturated heterocycles. The molecule has 1 aliphatic heterocycles. The number of nitrogens with one attached hydrogen (secondary N) is 2. The predicted molar refractivity (Wildman–Crippen MR) is 74.3 cm³/mol. The number of nitrogens with zero attached hydrogens (tertiary/aromatic N) is 1. The zero-order chi connectivity index (χ0) is 13.5. The summed E-state index contributed by atoms with van der Waals surface area (Å²) in [6, 6.07) is 3.56. The topological polar surface area (TPSA) is 63.2 Å². The highest BCUT2D eigenvalue weighted by molar-refractivity contribution is 5.98. The number of hydrogen-bond donors (Lipinski definition) is 2. The summed E-state index contributed by atoms with van der Waals surface area (Å²) in [7, 11) is 0. The second kappa shape index (κ2) is 7.09. The lowest BCUT2D eigenvalue weighted by molar-refractivity contribution is 0.0907. The van der Waals surface area contributed by atoms with Gasteiger partial charge in [0.05, 0.1) is 11.7 Å². The number of anilines is 1. The summed E-state index contributed by atoms with van der Waals surface area (Å²) < 4.78 is 5.53. The van der Waals surface area contributed by atoms with E-state index in [0.717, 1.165) is 32.4 Å². The van der Waals surface area contributed by atoms with E-state index in [1.807, 2.05) is 6.92 Å². The average Bonchev–Trinajstić information content (AvgIpc) is 2.93. The summed E-state index contributed by atoms with van der Waals surface area (Å²) in [4.78, 5) is 16.3. The maximum atomic E-state index is 12.1. The Morgan fingerprint density at radius 2 is 2.47 bits per heavy atom. The number of carbonyl (C=O) groups excluding carboxylic acids is 1. The molecule has 5 heteroatoms. The fraction of sp³-hybridized carbons (Fsp3) is 0.571. The summed E-state index contributed by atoms with van der Waals surface area (Å²) in [6.45, 7) is 4.22. The first-order chi connectivity index (χ1) is 9.31. The van der Waals surface area contributed by atoms with Crippen molar-refractivity contribution >= 4 is 11.7 Å². The van der Waals surface area contributed by atoms with E-state index < -0.39 is 0 Å². The lowest BCUT2D eigenvalue weighted by atomic mass is 10.2. The van der Waals surface area contributed by atoms with Gasteiger partial charge in [0.15, 0.2) is 0 Å². The van der Waals surface area contributed by atoms with Crippen molar-refractivity contribution in [3.8, 4) is 0 Å². The minimum Gasteiger partial charge on any atom is -0.378 e. The van der Waals surface area contributed by atoms with Crippen molar-refractivity contribution < 1.29 is 9.53 Å². The molecular weight excluding hydrogens is 242 g/mol. The van der Waals surface area contributed by atoms with Crippen molar-refractivity contribution in [1.82, 2.24) is 10.3 Å². The van der Waals surface area contributed by atoms with Crippen molar-refractivity contribution in [2.45, 2.75) is 32.3 Å². The minimum atomic E-state index is -0.0814. The van der Waals surface area contributed by atoms with Gasteiger partial charge in [-0.3, -0.25) is 4.79 Å². The minimum absolute atomic E-state index is 0.0814.